The van der Waals surface area contributed by atoms with Crippen molar-refractivity contribution in [3.63, 3.8) is 0 Å². The number of nitrogens with zero attached hydrogens (tertiary/aromatic N) is 5. The number of aromatic nitrogens is 4. The molecule has 0 saturated carbocycles. The first-order valence-corrected chi connectivity index (χ1v) is 9.84. The van der Waals surface area contributed by atoms with Gasteiger partial charge < -0.3 is 5.11 Å². The zero-order valence-electron chi connectivity index (χ0n) is 15.5. The summed E-state index contributed by atoms with van der Waals surface area (Å²) in [5.74, 6) is 0. The van der Waals surface area contributed by atoms with Crippen LogP contribution in [-0.4, -0.2) is 49.0 Å². The van der Waals surface area contributed by atoms with Crippen LogP contribution >= 0.6 is 11.8 Å². The molecule has 1 aromatic carbocycles. The maximum atomic E-state index is 9.48. The van der Waals surface area contributed by atoms with Crippen molar-refractivity contribution in [2.45, 2.75) is 31.8 Å². The van der Waals surface area contributed by atoms with Gasteiger partial charge in [0.2, 0.25) is 0 Å². The first-order chi connectivity index (χ1) is 12.6. The van der Waals surface area contributed by atoms with E-state index in [1.165, 1.54) is 16.0 Å². The molecular weight excluding hydrogens is 346 g/mol. The van der Waals surface area contributed by atoms with Gasteiger partial charge in [0.25, 0.3) is 0 Å². The van der Waals surface area contributed by atoms with E-state index < -0.39 is 0 Å². The van der Waals surface area contributed by atoms with E-state index in [0.29, 0.717) is 6.54 Å². The third kappa shape index (κ3) is 4.17. The van der Waals surface area contributed by atoms with Crippen LogP contribution in [0, 0.1) is 13.8 Å². The van der Waals surface area contributed by atoms with Crippen LogP contribution in [-0.2, 0) is 13.1 Å². The average Bonchev–Trinajstić information content (AvgIpc) is 3.24. The van der Waals surface area contributed by atoms with Crippen molar-refractivity contribution in [1.29, 1.82) is 0 Å². The second-order valence-electron chi connectivity index (χ2n) is 6.33. The molecule has 0 aliphatic heterocycles. The Morgan fingerprint density at radius 1 is 1.08 bits per heavy atom. The molecule has 1 N–H and O–H groups in total. The Morgan fingerprint density at radius 2 is 1.77 bits per heavy atom. The Morgan fingerprint density at radius 3 is 2.38 bits per heavy atom. The molecule has 3 aromatic rings. The largest absolute Gasteiger partial charge is 0.395 e. The second kappa shape index (κ2) is 8.53. The molecule has 26 heavy (non-hydrogen) atoms. The summed E-state index contributed by atoms with van der Waals surface area (Å²) in [6, 6.07) is 10.8. The number of hydrogen-bond acceptors (Lipinski definition) is 5. The van der Waals surface area contributed by atoms with E-state index in [0.717, 1.165) is 24.5 Å². The van der Waals surface area contributed by atoms with Crippen molar-refractivity contribution in [3.8, 4) is 0 Å². The van der Waals surface area contributed by atoms with Crippen molar-refractivity contribution in [2.24, 2.45) is 0 Å². The van der Waals surface area contributed by atoms with E-state index in [9.17, 15) is 5.11 Å². The maximum absolute atomic E-state index is 9.48. The average molecular weight is 372 g/mol. The standard InChI is InChI=1S/C19H25N5OS/c1-15-10-18(16(2)24(15)23-13-20-21-14-23)12-22(8-9-25)11-17-4-6-19(26-3)7-5-17/h4-7,10,13-14,25H,8-9,11-12H2,1-3H3. The Balaban J connectivity index is 1.78. The van der Waals surface area contributed by atoms with Gasteiger partial charge in [-0.05, 0) is 49.4 Å². The van der Waals surface area contributed by atoms with E-state index >= 15 is 0 Å². The number of aliphatic hydroxyl groups excluding tert-OH is 1. The molecule has 0 aliphatic carbocycles. The molecule has 138 valence electrons. The minimum absolute atomic E-state index is 0.146. The summed E-state index contributed by atoms with van der Waals surface area (Å²) in [6.07, 6.45) is 5.48. The highest BCUT2D eigenvalue weighted by molar-refractivity contribution is 7.98. The molecule has 2 aromatic heterocycles. The molecule has 0 fully saturated rings. The lowest BCUT2D eigenvalue weighted by Gasteiger charge is -2.22. The van der Waals surface area contributed by atoms with Gasteiger partial charge in [0, 0.05) is 35.9 Å². The number of hydrogen-bond donors (Lipinski definition) is 1. The first kappa shape index (κ1) is 18.7. The third-order valence-electron chi connectivity index (χ3n) is 4.51. The molecule has 0 unspecified atom stereocenters. The van der Waals surface area contributed by atoms with Gasteiger partial charge in [0.1, 0.15) is 12.7 Å². The predicted octanol–water partition coefficient (Wildman–Crippen LogP) is 2.72. The summed E-state index contributed by atoms with van der Waals surface area (Å²) >= 11 is 1.75. The molecule has 0 saturated heterocycles. The van der Waals surface area contributed by atoms with Gasteiger partial charge in [0.15, 0.2) is 0 Å². The molecule has 7 heteroatoms. The zero-order chi connectivity index (χ0) is 18.5. The van der Waals surface area contributed by atoms with Gasteiger partial charge in [-0.15, -0.1) is 22.0 Å². The fraction of sp³-hybridized carbons (Fsp3) is 0.368. The first-order valence-electron chi connectivity index (χ1n) is 8.61. The molecule has 0 spiro atoms. The topological polar surface area (TPSA) is 59.1 Å². The van der Waals surface area contributed by atoms with E-state index in [1.54, 1.807) is 24.4 Å². The van der Waals surface area contributed by atoms with Gasteiger partial charge in [-0.3, -0.25) is 9.58 Å². The third-order valence-corrected chi connectivity index (χ3v) is 5.26. The van der Waals surface area contributed by atoms with E-state index in [-0.39, 0.29) is 6.61 Å². The molecular formula is C19H25N5OS. The van der Waals surface area contributed by atoms with Crippen LogP contribution in [0.4, 0.5) is 0 Å². The Hall–Kier alpha value is -2.09. The SMILES string of the molecule is CSc1ccc(CN(CCO)Cc2cc(C)n(-n3cnnc3)c2C)cc1. The molecule has 0 bridgehead atoms. The number of aryl methyl sites for hydroxylation is 1. The monoisotopic (exact) mass is 371 g/mol. The van der Waals surface area contributed by atoms with Gasteiger partial charge in [0.05, 0.1) is 6.61 Å². The van der Waals surface area contributed by atoms with Crippen molar-refractivity contribution >= 4 is 11.8 Å². The quantitative estimate of drug-likeness (QED) is 0.617. The normalized spacial score (nSPS) is 11.4. The summed E-state index contributed by atoms with van der Waals surface area (Å²) in [5.41, 5.74) is 4.78. The molecule has 2 heterocycles. The highest BCUT2D eigenvalue weighted by Crippen LogP contribution is 2.20. The summed E-state index contributed by atoms with van der Waals surface area (Å²) in [4.78, 5) is 3.53. The molecule has 3 rings (SSSR count). The minimum Gasteiger partial charge on any atom is -0.395 e. The lowest BCUT2D eigenvalue weighted by Crippen LogP contribution is -2.26. The summed E-state index contributed by atoms with van der Waals surface area (Å²) in [6.45, 7) is 6.56. The van der Waals surface area contributed by atoms with E-state index in [2.05, 4.69) is 70.2 Å². The number of benzene rings is 1. The van der Waals surface area contributed by atoms with Crippen LogP contribution < -0.4 is 0 Å². The number of thioether (sulfide) groups is 1. The van der Waals surface area contributed by atoms with Crippen LogP contribution in [0.2, 0.25) is 0 Å². The van der Waals surface area contributed by atoms with Crippen LogP contribution in [0.5, 0.6) is 0 Å². The van der Waals surface area contributed by atoms with Crippen LogP contribution in [0.3, 0.4) is 0 Å². The van der Waals surface area contributed by atoms with E-state index in [1.807, 2.05) is 4.68 Å². The van der Waals surface area contributed by atoms with Crippen LogP contribution in [0.25, 0.3) is 0 Å². The molecule has 6 nitrogen and oxygen atoms in total. The molecule has 0 radical (unpaired) electrons. The van der Waals surface area contributed by atoms with Crippen molar-refractivity contribution in [2.75, 3.05) is 19.4 Å². The van der Waals surface area contributed by atoms with Gasteiger partial charge in [-0.1, -0.05) is 12.1 Å². The predicted molar refractivity (Wildman–Crippen MR) is 104 cm³/mol. The summed E-state index contributed by atoms with van der Waals surface area (Å²) < 4.78 is 3.98. The van der Waals surface area contributed by atoms with Crippen LogP contribution in [0.1, 0.15) is 22.5 Å². The minimum atomic E-state index is 0.146. The highest BCUT2D eigenvalue weighted by Gasteiger charge is 2.14. The van der Waals surface area contributed by atoms with Crippen molar-refractivity contribution in [1.82, 2.24) is 24.4 Å². The zero-order valence-corrected chi connectivity index (χ0v) is 16.3. The van der Waals surface area contributed by atoms with Crippen LogP contribution in [0.15, 0.2) is 47.9 Å². The lowest BCUT2D eigenvalue weighted by atomic mass is 10.2. The van der Waals surface area contributed by atoms with Crippen molar-refractivity contribution < 1.29 is 5.11 Å². The molecule has 0 aliphatic rings. The summed E-state index contributed by atoms with van der Waals surface area (Å²) in [7, 11) is 0. The highest BCUT2D eigenvalue weighted by atomic mass is 32.2. The molecule has 0 amide bonds. The number of rotatable bonds is 8. The summed E-state index contributed by atoms with van der Waals surface area (Å²) in [5, 5.41) is 17.3. The Bertz CT molecular complexity index is 826. The van der Waals surface area contributed by atoms with Gasteiger partial charge in [-0.25, -0.2) is 4.68 Å². The number of aliphatic hydroxyl groups is 1. The molecule has 0 atom stereocenters. The smallest absolute Gasteiger partial charge is 0.139 e. The lowest BCUT2D eigenvalue weighted by molar-refractivity contribution is 0.184. The maximum Gasteiger partial charge on any atom is 0.139 e. The Kier molecular flexibility index (Phi) is 6.13. The van der Waals surface area contributed by atoms with Gasteiger partial charge in [-0.2, -0.15) is 0 Å². The van der Waals surface area contributed by atoms with Gasteiger partial charge >= 0.3 is 0 Å². The fourth-order valence-electron chi connectivity index (χ4n) is 3.22. The fourth-order valence-corrected chi connectivity index (χ4v) is 3.63. The Labute approximate surface area is 158 Å². The second-order valence-corrected chi connectivity index (χ2v) is 7.21. The van der Waals surface area contributed by atoms with Crippen molar-refractivity contribution in [3.05, 3.63) is 65.5 Å². The van der Waals surface area contributed by atoms with E-state index in [4.69, 9.17) is 0 Å².